The van der Waals surface area contributed by atoms with Crippen molar-refractivity contribution in [1.29, 1.82) is 0 Å². The van der Waals surface area contributed by atoms with Gasteiger partial charge >= 0.3 is 0 Å². The molecule has 142 valence electrons. The van der Waals surface area contributed by atoms with Crippen molar-refractivity contribution in [3.63, 3.8) is 0 Å². The first kappa shape index (κ1) is 19.5. The summed E-state index contributed by atoms with van der Waals surface area (Å²) < 4.78 is 5.75. The van der Waals surface area contributed by atoms with Crippen molar-refractivity contribution in [1.82, 2.24) is 0 Å². The lowest BCUT2D eigenvalue weighted by Crippen LogP contribution is -2.36. The molecule has 0 fully saturated rings. The van der Waals surface area contributed by atoms with Crippen molar-refractivity contribution >= 4 is 34.8 Å². The summed E-state index contributed by atoms with van der Waals surface area (Å²) in [5.41, 5.74) is 1.23. The third-order valence-electron chi connectivity index (χ3n) is 3.94. The van der Waals surface area contributed by atoms with E-state index in [1.807, 2.05) is 30.3 Å². The number of nitrogens with one attached hydrogen (secondary N) is 1. The predicted octanol–water partition coefficient (Wildman–Crippen LogP) is 5.12. The predicted molar refractivity (Wildman–Crippen MR) is 111 cm³/mol. The van der Waals surface area contributed by atoms with Crippen molar-refractivity contribution in [3.8, 4) is 11.5 Å². The summed E-state index contributed by atoms with van der Waals surface area (Å²) in [5.74, 6) is 0.829. The van der Waals surface area contributed by atoms with Gasteiger partial charge in [0.1, 0.15) is 18.0 Å². The molecular weight excluding hydrogens is 376 g/mol. The van der Waals surface area contributed by atoms with Gasteiger partial charge < -0.3 is 15.0 Å². The highest BCUT2D eigenvalue weighted by molar-refractivity contribution is 6.30. The number of nitrogens with zero attached hydrogens (tertiary/aromatic N) is 1. The van der Waals surface area contributed by atoms with Gasteiger partial charge in [0, 0.05) is 23.3 Å². The van der Waals surface area contributed by atoms with Crippen LogP contribution in [0.4, 0.5) is 11.4 Å². The van der Waals surface area contributed by atoms with E-state index in [-0.39, 0.29) is 18.4 Å². The molecule has 3 aromatic rings. The van der Waals surface area contributed by atoms with Crippen LogP contribution in [-0.4, -0.2) is 18.4 Å². The monoisotopic (exact) mass is 394 g/mol. The van der Waals surface area contributed by atoms with Crippen molar-refractivity contribution in [2.45, 2.75) is 6.92 Å². The molecule has 0 heterocycles. The third-order valence-corrected chi connectivity index (χ3v) is 4.19. The molecule has 0 saturated carbocycles. The van der Waals surface area contributed by atoms with Gasteiger partial charge in [0.05, 0.1) is 0 Å². The Hall–Kier alpha value is -3.31. The van der Waals surface area contributed by atoms with Gasteiger partial charge in [-0.3, -0.25) is 9.59 Å². The number of hydrogen-bond acceptors (Lipinski definition) is 3. The number of amides is 2. The Kier molecular flexibility index (Phi) is 6.29. The van der Waals surface area contributed by atoms with E-state index in [1.165, 1.54) is 11.8 Å². The first-order valence-corrected chi connectivity index (χ1v) is 9.05. The Balaban J connectivity index is 1.66. The molecule has 0 aromatic heterocycles. The number of carbonyl (C=O) groups excluding carboxylic acids is 2. The number of hydrogen-bond donors (Lipinski definition) is 1. The average molecular weight is 395 g/mol. The van der Waals surface area contributed by atoms with E-state index < -0.39 is 0 Å². The topological polar surface area (TPSA) is 58.6 Å². The lowest BCUT2D eigenvalue weighted by Gasteiger charge is -2.21. The smallest absolute Gasteiger partial charge is 0.244 e. The second-order valence-corrected chi connectivity index (χ2v) is 6.51. The molecule has 3 rings (SSSR count). The van der Waals surface area contributed by atoms with Crippen LogP contribution in [0.15, 0.2) is 78.9 Å². The Labute approximate surface area is 168 Å². The Morgan fingerprint density at radius 3 is 2.11 bits per heavy atom. The molecule has 0 spiro atoms. The summed E-state index contributed by atoms with van der Waals surface area (Å²) in [6.07, 6.45) is 0. The van der Waals surface area contributed by atoms with Crippen LogP contribution in [0.5, 0.6) is 11.5 Å². The highest BCUT2D eigenvalue weighted by Crippen LogP contribution is 2.24. The Bertz CT molecular complexity index is 942. The van der Waals surface area contributed by atoms with Gasteiger partial charge in [0.15, 0.2) is 0 Å². The fraction of sp³-hybridized carbons (Fsp3) is 0.0909. The molecule has 0 saturated heterocycles. The van der Waals surface area contributed by atoms with Crippen LogP contribution in [-0.2, 0) is 9.59 Å². The molecular formula is C22H19ClN2O3. The minimum atomic E-state index is -0.304. The number of rotatable bonds is 6. The molecule has 0 atom stereocenters. The van der Waals surface area contributed by atoms with Gasteiger partial charge in [0.25, 0.3) is 0 Å². The molecule has 0 radical (unpaired) electrons. The SMILES string of the molecule is CC(=O)N(CC(=O)Nc1ccc(Cl)cc1)c1ccc(Oc2ccccc2)cc1. The van der Waals surface area contributed by atoms with Gasteiger partial charge in [-0.25, -0.2) is 0 Å². The quantitative estimate of drug-likeness (QED) is 0.631. The summed E-state index contributed by atoms with van der Waals surface area (Å²) >= 11 is 5.84. The maximum atomic E-state index is 12.3. The average Bonchev–Trinajstić information content (AvgIpc) is 2.69. The van der Waals surface area contributed by atoms with E-state index in [1.54, 1.807) is 48.5 Å². The van der Waals surface area contributed by atoms with Crippen molar-refractivity contribution in [2.75, 3.05) is 16.8 Å². The van der Waals surface area contributed by atoms with Crippen LogP contribution in [0, 0.1) is 0 Å². The van der Waals surface area contributed by atoms with E-state index in [4.69, 9.17) is 16.3 Å². The molecule has 3 aromatic carbocycles. The minimum absolute atomic E-state index is 0.100. The fourth-order valence-electron chi connectivity index (χ4n) is 2.58. The largest absolute Gasteiger partial charge is 0.457 e. The first-order chi connectivity index (χ1) is 13.5. The summed E-state index contributed by atoms with van der Waals surface area (Å²) in [5, 5.41) is 3.34. The van der Waals surface area contributed by atoms with Crippen LogP contribution in [0.2, 0.25) is 5.02 Å². The molecule has 28 heavy (non-hydrogen) atoms. The number of halogens is 1. The molecule has 1 N–H and O–H groups in total. The zero-order valence-electron chi connectivity index (χ0n) is 15.3. The van der Waals surface area contributed by atoms with Crippen molar-refractivity contribution in [2.24, 2.45) is 0 Å². The van der Waals surface area contributed by atoms with E-state index in [9.17, 15) is 9.59 Å². The van der Waals surface area contributed by atoms with E-state index in [0.717, 1.165) is 5.75 Å². The highest BCUT2D eigenvalue weighted by Gasteiger charge is 2.16. The number of benzene rings is 3. The first-order valence-electron chi connectivity index (χ1n) is 8.68. The standard InChI is InChI=1S/C22H19ClN2O3/c1-16(26)25(15-22(27)24-18-9-7-17(23)8-10-18)19-11-13-21(14-12-19)28-20-5-3-2-4-6-20/h2-14H,15H2,1H3,(H,24,27). The van der Waals surface area contributed by atoms with Crippen LogP contribution in [0.25, 0.3) is 0 Å². The number of carbonyl (C=O) groups is 2. The molecule has 0 bridgehead atoms. The van der Waals surface area contributed by atoms with Crippen LogP contribution in [0.3, 0.4) is 0 Å². The summed E-state index contributed by atoms with van der Waals surface area (Å²) in [4.78, 5) is 25.8. The normalized spacial score (nSPS) is 10.2. The lowest BCUT2D eigenvalue weighted by molar-refractivity contribution is -0.120. The highest BCUT2D eigenvalue weighted by atomic mass is 35.5. The van der Waals surface area contributed by atoms with Crippen molar-refractivity contribution < 1.29 is 14.3 Å². The second kappa shape index (κ2) is 9.06. The molecule has 0 unspecified atom stereocenters. The molecule has 0 aliphatic carbocycles. The fourth-order valence-corrected chi connectivity index (χ4v) is 2.71. The van der Waals surface area contributed by atoms with Crippen LogP contribution < -0.4 is 15.0 Å². The van der Waals surface area contributed by atoms with Crippen LogP contribution in [0.1, 0.15) is 6.92 Å². The summed E-state index contributed by atoms with van der Waals surface area (Å²) in [7, 11) is 0. The molecule has 0 aliphatic heterocycles. The van der Waals surface area contributed by atoms with Crippen LogP contribution >= 0.6 is 11.6 Å². The number of para-hydroxylation sites is 1. The minimum Gasteiger partial charge on any atom is -0.457 e. The summed E-state index contributed by atoms with van der Waals surface area (Å²) in [6.45, 7) is 1.32. The zero-order valence-corrected chi connectivity index (χ0v) is 16.0. The third kappa shape index (κ3) is 5.34. The maximum absolute atomic E-state index is 12.3. The van der Waals surface area contributed by atoms with Crippen molar-refractivity contribution in [3.05, 3.63) is 83.9 Å². The Morgan fingerprint density at radius 2 is 1.50 bits per heavy atom. The maximum Gasteiger partial charge on any atom is 0.244 e. The van der Waals surface area contributed by atoms with Gasteiger partial charge in [-0.2, -0.15) is 0 Å². The van der Waals surface area contributed by atoms with Gasteiger partial charge in [-0.1, -0.05) is 29.8 Å². The van der Waals surface area contributed by atoms with Gasteiger partial charge in [-0.05, 0) is 60.7 Å². The van der Waals surface area contributed by atoms with E-state index >= 15 is 0 Å². The molecule has 2 amide bonds. The zero-order chi connectivity index (χ0) is 19.9. The lowest BCUT2D eigenvalue weighted by atomic mass is 10.2. The molecule has 0 aliphatic rings. The molecule has 5 nitrogen and oxygen atoms in total. The summed E-state index contributed by atoms with van der Waals surface area (Å²) in [6, 6.07) is 23.2. The number of ether oxygens (including phenoxy) is 1. The second-order valence-electron chi connectivity index (χ2n) is 6.07. The number of anilines is 2. The van der Waals surface area contributed by atoms with Gasteiger partial charge in [-0.15, -0.1) is 0 Å². The van der Waals surface area contributed by atoms with Gasteiger partial charge in [0.2, 0.25) is 11.8 Å². The van der Waals surface area contributed by atoms with E-state index in [0.29, 0.717) is 22.1 Å². The molecule has 6 heteroatoms. The Morgan fingerprint density at radius 1 is 0.893 bits per heavy atom. The van der Waals surface area contributed by atoms with E-state index in [2.05, 4.69) is 5.32 Å².